The Morgan fingerprint density at radius 3 is 2.54 bits per heavy atom. The van der Waals surface area contributed by atoms with E-state index in [1.807, 2.05) is 42.5 Å². The minimum atomic E-state index is 0.0363. The van der Waals surface area contributed by atoms with Gasteiger partial charge in [-0.3, -0.25) is 9.89 Å². The van der Waals surface area contributed by atoms with Crippen LogP contribution in [-0.2, 0) is 19.3 Å². The van der Waals surface area contributed by atoms with E-state index in [0.717, 1.165) is 53.8 Å². The van der Waals surface area contributed by atoms with Gasteiger partial charge < -0.3 is 0 Å². The molecule has 5 heteroatoms. The molecule has 5 rings (SSSR count). The Hall–Kier alpha value is -2.85. The maximum absolute atomic E-state index is 13.1. The topological polar surface area (TPSA) is 50.2 Å². The van der Waals surface area contributed by atoms with Crippen molar-refractivity contribution in [3.8, 4) is 11.1 Å². The van der Waals surface area contributed by atoms with E-state index in [0.29, 0.717) is 17.1 Å². The SMILES string of the molecule is O=c1c2c(nc3c(-c4ccc(Cl)cc4)c(Cc4ccccc4)[nH]n13)CCCC2. The van der Waals surface area contributed by atoms with Gasteiger partial charge in [-0.1, -0.05) is 54.1 Å². The monoisotopic (exact) mass is 389 g/mol. The van der Waals surface area contributed by atoms with Crippen LogP contribution < -0.4 is 5.56 Å². The van der Waals surface area contributed by atoms with Crippen molar-refractivity contribution in [2.45, 2.75) is 32.1 Å². The second kappa shape index (κ2) is 6.95. The number of hydrogen-bond donors (Lipinski definition) is 1. The second-order valence-corrected chi connectivity index (χ2v) is 7.78. The van der Waals surface area contributed by atoms with Crippen LogP contribution in [0.25, 0.3) is 16.8 Å². The van der Waals surface area contributed by atoms with Gasteiger partial charge in [-0.15, -0.1) is 0 Å². The van der Waals surface area contributed by atoms with E-state index in [9.17, 15) is 4.79 Å². The van der Waals surface area contributed by atoms with Crippen LogP contribution in [0.3, 0.4) is 0 Å². The molecule has 0 bridgehead atoms. The summed E-state index contributed by atoms with van der Waals surface area (Å²) in [5, 5.41) is 4.04. The summed E-state index contributed by atoms with van der Waals surface area (Å²) in [6.07, 6.45) is 4.53. The lowest BCUT2D eigenvalue weighted by molar-refractivity contribution is 0.650. The van der Waals surface area contributed by atoms with Crippen LogP contribution in [0, 0.1) is 0 Å². The number of nitrogens with zero attached hydrogens (tertiary/aromatic N) is 2. The van der Waals surface area contributed by atoms with Crippen molar-refractivity contribution in [2.24, 2.45) is 0 Å². The second-order valence-electron chi connectivity index (χ2n) is 7.34. The molecular formula is C23H20ClN3O. The van der Waals surface area contributed by atoms with Crippen molar-refractivity contribution in [1.29, 1.82) is 0 Å². The summed E-state index contributed by atoms with van der Waals surface area (Å²) < 4.78 is 1.63. The average Bonchev–Trinajstić information content (AvgIpc) is 3.08. The van der Waals surface area contributed by atoms with Gasteiger partial charge in [0.25, 0.3) is 5.56 Å². The molecule has 0 amide bonds. The smallest absolute Gasteiger partial charge is 0.276 e. The number of aryl methyl sites for hydroxylation is 1. The van der Waals surface area contributed by atoms with Crippen molar-refractivity contribution in [3.63, 3.8) is 0 Å². The zero-order valence-electron chi connectivity index (χ0n) is 15.4. The lowest BCUT2D eigenvalue weighted by Crippen LogP contribution is -2.25. The summed E-state index contributed by atoms with van der Waals surface area (Å²) >= 11 is 6.10. The van der Waals surface area contributed by atoms with E-state index in [2.05, 4.69) is 17.2 Å². The zero-order chi connectivity index (χ0) is 19.1. The number of halogens is 1. The van der Waals surface area contributed by atoms with E-state index in [1.54, 1.807) is 4.52 Å². The molecule has 0 unspecified atom stereocenters. The highest BCUT2D eigenvalue weighted by atomic mass is 35.5. The number of H-pyrrole nitrogens is 1. The first-order chi connectivity index (χ1) is 13.7. The summed E-state index contributed by atoms with van der Waals surface area (Å²) in [7, 11) is 0. The average molecular weight is 390 g/mol. The molecule has 0 atom stereocenters. The molecule has 0 fully saturated rings. The Kier molecular flexibility index (Phi) is 4.29. The maximum Gasteiger partial charge on any atom is 0.276 e. The molecule has 2 heterocycles. The van der Waals surface area contributed by atoms with Gasteiger partial charge >= 0.3 is 0 Å². The summed E-state index contributed by atoms with van der Waals surface area (Å²) in [5.41, 5.74) is 6.72. The quantitative estimate of drug-likeness (QED) is 0.546. The molecule has 1 aliphatic carbocycles. The molecule has 0 spiro atoms. The zero-order valence-corrected chi connectivity index (χ0v) is 16.2. The highest BCUT2D eigenvalue weighted by molar-refractivity contribution is 6.30. The number of aromatic amines is 1. The molecule has 28 heavy (non-hydrogen) atoms. The molecule has 1 aliphatic rings. The fourth-order valence-electron chi connectivity index (χ4n) is 4.10. The van der Waals surface area contributed by atoms with Gasteiger partial charge in [-0.2, -0.15) is 0 Å². The lowest BCUT2D eigenvalue weighted by Gasteiger charge is -2.13. The standard InChI is InChI=1S/C23H20ClN3O/c24-17-12-10-16(11-13-17)21-20(14-15-6-2-1-3-7-15)26-27-22(21)25-19-9-5-4-8-18(19)23(27)28/h1-3,6-7,10-13,26H,4-5,8-9,14H2. The molecule has 2 aromatic heterocycles. The van der Waals surface area contributed by atoms with Gasteiger partial charge in [0.15, 0.2) is 5.65 Å². The number of rotatable bonds is 3. The van der Waals surface area contributed by atoms with Crippen LogP contribution in [0.15, 0.2) is 59.4 Å². The number of hydrogen-bond acceptors (Lipinski definition) is 2. The number of fused-ring (bicyclic) bond motifs is 2. The summed E-state index contributed by atoms with van der Waals surface area (Å²) in [6.45, 7) is 0. The first-order valence-corrected chi connectivity index (χ1v) is 10.0. The molecule has 140 valence electrons. The van der Waals surface area contributed by atoms with Crippen molar-refractivity contribution in [1.82, 2.24) is 14.6 Å². The van der Waals surface area contributed by atoms with Crippen LogP contribution in [-0.4, -0.2) is 14.6 Å². The van der Waals surface area contributed by atoms with Crippen LogP contribution in [0.2, 0.25) is 5.02 Å². The predicted octanol–water partition coefficient (Wildman–Crippen LogP) is 4.81. The first kappa shape index (κ1) is 17.3. The van der Waals surface area contributed by atoms with Gasteiger partial charge in [0.05, 0.1) is 5.69 Å². The molecule has 0 saturated carbocycles. The van der Waals surface area contributed by atoms with Crippen LogP contribution in [0.4, 0.5) is 0 Å². The molecule has 2 aromatic carbocycles. The van der Waals surface area contributed by atoms with Gasteiger partial charge in [0, 0.05) is 28.3 Å². The summed E-state index contributed by atoms with van der Waals surface area (Å²) in [6, 6.07) is 18.0. The van der Waals surface area contributed by atoms with Crippen molar-refractivity contribution >= 4 is 17.2 Å². The fraction of sp³-hybridized carbons (Fsp3) is 0.217. The minimum Gasteiger partial charge on any atom is -0.293 e. The third-order valence-corrected chi connectivity index (χ3v) is 5.73. The van der Waals surface area contributed by atoms with E-state index in [1.165, 1.54) is 5.56 Å². The Bertz CT molecular complexity index is 1210. The van der Waals surface area contributed by atoms with Crippen molar-refractivity contribution < 1.29 is 0 Å². The fourth-order valence-corrected chi connectivity index (χ4v) is 4.22. The molecule has 0 radical (unpaired) electrons. The van der Waals surface area contributed by atoms with Gasteiger partial charge in [0.1, 0.15) is 0 Å². The predicted molar refractivity (Wildman–Crippen MR) is 112 cm³/mol. The van der Waals surface area contributed by atoms with E-state index < -0.39 is 0 Å². The molecule has 4 aromatic rings. The van der Waals surface area contributed by atoms with Gasteiger partial charge in [0.2, 0.25) is 0 Å². The summed E-state index contributed by atoms with van der Waals surface area (Å²) in [5.74, 6) is 0. The van der Waals surface area contributed by atoms with Crippen LogP contribution in [0.1, 0.15) is 35.4 Å². The molecular weight excluding hydrogens is 370 g/mol. The van der Waals surface area contributed by atoms with Crippen molar-refractivity contribution in [2.75, 3.05) is 0 Å². The third-order valence-electron chi connectivity index (χ3n) is 5.48. The van der Waals surface area contributed by atoms with Gasteiger partial charge in [-0.25, -0.2) is 9.50 Å². The Morgan fingerprint density at radius 1 is 1.00 bits per heavy atom. The number of benzene rings is 2. The van der Waals surface area contributed by atoms with Crippen LogP contribution >= 0.6 is 11.6 Å². The molecule has 1 N–H and O–H groups in total. The highest BCUT2D eigenvalue weighted by Gasteiger charge is 2.22. The summed E-state index contributed by atoms with van der Waals surface area (Å²) in [4.78, 5) is 18.1. The minimum absolute atomic E-state index is 0.0363. The molecule has 0 saturated heterocycles. The Labute approximate surface area is 167 Å². The van der Waals surface area contributed by atoms with E-state index >= 15 is 0 Å². The van der Waals surface area contributed by atoms with Crippen LogP contribution in [0.5, 0.6) is 0 Å². The largest absolute Gasteiger partial charge is 0.293 e. The Balaban J connectivity index is 1.77. The van der Waals surface area contributed by atoms with E-state index in [-0.39, 0.29) is 5.56 Å². The molecule has 0 aliphatic heterocycles. The number of aromatic nitrogens is 3. The van der Waals surface area contributed by atoms with E-state index in [4.69, 9.17) is 16.6 Å². The third kappa shape index (κ3) is 2.94. The normalized spacial score (nSPS) is 13.6. The van der Waals surface area contributed by atoms with Gasteiger partial charge in [-0.05, 0) is 48.9 Å². The molecule has 4 nitrogen and oxygen atoms in total. The highest BCUT2D eigenvalue weighted by Crippen LogP contribution is 2.31. The number of nitrogens with one attached hydrogen (secondary N) is 1. The lowest BCUT2D eigenvalue weighted by atomic mass is 9.97. The van der Waals surface area contributed by atoms with Crippen molar-refractivity contribution in [3.05, 3.63) is 92.5 Å². The maximum atomic E-state index is 13.1. The first-order valence-electron chi connectivity index (χ1n) is 9.66. The Morgan fingerprint density at radius 2 is 1.75 bits per heavy atom.